The van der Waals surface area contributed by atoms with E-state index in [0.717, 1.165) is 6.42 Å². The second-order valence-corrected chi connectivity index (χ2v) is 4.47. The smallest absolute Gasteiger partial charge is 0.253 e. The van der Waals surface area contributed by atoms with Gasteiger partial charge in [0.05, 0.1) is 24.2 Å². The number of nitrogens with zero attached hydrogens (tertiary/aromatic N) is 1. The van der Waals surface area contributed by atoms with Crippen molar-refractivity contribution in [2.24, 2.45) is 0 Å². The number of hydrogen-bond donors (Lipinski definition) is 1. The molecule has 5 nitrogen and oxygen atoms in total. The highest BCUT2D eigenvalue weighted by Crippen LogP contribution is 2.24. The predicted octanol–water partition coefficient (Wildman–Crippen LogP) is 1.13. The van der Waals surface area contributed by atoms with Crippen molar-refractivity contribution in [3.8, 4) is 0 Å². The maximum atomic E-state index is 12.0. The topological polar surface area (TPSA) is 66.5 Å². The summed E-state index contributed by atoms with van der Waals surface area (Å²) in [6.45, 7) is 2.60. The van der Waals surface area contributed by atoms with Crippen molar-refractivity contribution in [1.82, 2.24) is 5.32 Å². The number of ketones is 1. The molecule has 0 aromatic heterocycles. The van der Waals surface area contributed by atoms with E-state index in [-0.39, 0.29) is 30.6 Å². The number of amides is 2. The minimum atomic E-state index is -0.249. The molecule has 2 rings (SSSR count). The van der Waals surface area contributed by atoms with Crippen molar-refractivity contribution in [1.29, 1.82) is 0 Å². The zero-order valence-electron chi connectivity index (χ0n) is 10.8. The van der Waals surface area contributed by atoms with E-state index in [1.165, 1.54) is 4.90 Å². The predicted molar refractivity (Wildman–Crippen MR) is 71.0 cm³/mol. The first-order valence-corrected chi connectivity index (χ1v) is 6.32. The van der Waals surface area contributed by atoms with E-state index in [0.29, 0.717) is 17.8 Å². The Kier molecular flexibility index (Phi) is 3.94. The van der Waals surface area contributed by atoms with Crippen LogP contribution in [0.5, 0.6) is 0 Å². The van der Waals surface area contributed by atoms with Gasteiger partial charge in [-0.2, -0.15) is 0 Å². The van der Waals surface area contributed by atoms with Gasteiger partial charge in [-0.3, -0.25) is 14.4 Å². The number of hydrogen-bond acceptors (Lipinski definition) is 3. The lowest BCUT2D eigenvalue weighted by Crippen LogP contribution is -2.30. The normalized spacial score (nSPS) is 14.9. The van der Waals surface area contributed by atoms with Crippen LogP contribution in [0.25, 0.3) is 0 Å². The molecule has 1 aromatic rings. The van der Waals surface area contributed by atoms with Crippen LogP contribution < -0.4 is 10.2 Å². The van der Waals surface area contributed by atoms with E-state index in [2.05, 4.69) is 5.32 Å². The number of Topliss-reactive ketones (excluding diaryl/α,β-unsaturated/α-hetero) is 1. The Labute approximate surface area is 111 Å². The second kappa shape index (κ2) is 5.65. The standard InChI is InChI=1S/C14H16N2O3/c1-2-7-15-14(19)11-5-3-4-6-12(11)16-9-10(17)8-13(16)18/h3-6H,2,7-9H2,1H3,(H,15,19). The Balaban J connectivity index is 2.28. The first kappa shape index (κ1) is 13.3. The maximum absolute atomic E-state index is 12.0. The van der Waals surface area contributed by atoms with Gasteiger partial charge < -0.3 is 10.2 Å². The minimum Gasteiger partial charge on any atom is -0.352 e. The Morgan fingerprint density at radius 2 is 2.05 bits per heavy atom. The number of benzene rings is 1. The minimum absolute atomic E-state index is 0.0525. The van der Waals surface area contributed by atoms with Gasteiger partial charge in [0.15, 0.2) is 5.78 Å². The molecule has 100 valence electrons. The van der Waals surface area contributed by atoms with Gasteiger partial charge in [-0.15, -0.1) is 0 Å². The highest BCUT2D eigenvalue weighted by Gasteiger charge is 2.30. The van der Waals surface area contributed by atoms with Gasteiger partial charge in [0.1, 0.15) is 0 Å². The summed E-state index contributed by atoms with van der Waals surface area (Å²) in [5.41, 5.74) is 0.936. The molecule has 1 aliphatic rings. The molecule has 19 heavy (non-hydrogen) atoms. The number of anilines is 1. The van der Waals surface area contributed by atoms with Crippen LogP contribution in [0.15, 0.2) is 24.3 Å². The third-order valence-electron chi connectivity index (χ3n) is 2.96. The highest BCUT2D eigenvalue weighted by molar-refractivity contribution is 6.17. The van der Waals surface area contributed by atoms with E-state index < -0.39 is 0 Å². The second-order valence-electron chi connectivity index (χ2n) is 4.47. The quantitative estimate of drug-likeness (QED) is 0.825. The van der Waals surface area contributed by atoms with Crippen LogP contribution in [0.2, 0.25) is 0 Å². The third kappa shape index (κ3) is 2.81. The molecule has 2 amide bonds. The van der Waals surface area contributed by atoms with Crippen molar-refractivity contribution in [2.45, 2.75) is 19.8 Å². The van der Waals surface area contributed by atoms with Crippen molar-refractivity contribution >= 4 is 23.3 Å². The summed E-state index contributed by atoms with van der Waals surface area (Å²) < 4.78 is 0. The van der Waals surface area contributed by atoms with Crippen molar-refractivity contribution < 1.29 is 14.4 Å². The fourth-order valence-corrected chi connectivity index (χ4v) is 2.04. The molecule has 0 bridgehead atoms. The molecule has 1 N–H and O–H groups in total. The summed E-state index contributed by atoms with van der Waals surface area (Å²) in [7, 11) is 0. The molecule has 1 heterocycles. The van der Waals surface area contributed by atoms with Crippen molar-refractivity contribution in [3.63, 3.8) is 0 Å². The van der Waals surface area contributed by atoms with Gasteiger partial charge in [-0.1, -0.05) is 19.1 Å². The Morgan fingerprint density at radius 1 is 1.32 bits per heavy atom. The fraction of sp³-hybridized carbons (Fsp3) is 0.357. The SMILES string of the molecule is CCCNC(=O)c1ccccc1N1CC(=O)CC1=O. The molecule has 0 spiro atoms. The summed E-state index contributed by atoms with van der Waals surface area (Å²) in [4.78, 5) is 36.5. The van der Waals surface area contributed by atoms with Crippen LogP contribution in [0.3, 0.4) is 0 Å². The highest BCUT2D eigenvalue weighted by atomic mass is 16.2. The zero-order chi connectivity index (χ0) is 13.8. The van der Waals surface area contributed by atoms with E-state index in [4.69, 9.17) is 0 Å². The Bertz CT molecular complexity index is 525. The van der Waals surface area contributed by atoms with Crippen LogP contribution in [-0.2, 0) is 9.59 Å². The lowest BCUT2D eigenvalue weighted by molar-refractivity contribution is -0.121. The van der Waals surface area contributed by atoms with Crippen LogP contribution >= 0.6 is 0 Å². The number of nitrogens with one attached hydrogen (secondary N) is 1. The summed E-state index contributed by atoms with van der Waals surface area (Å²) in [6, 6.07) is 6.85. The summed E-state index contributed by atoms with van der Waals surface area (Å²) in [5, 5.41) is 2.78. The van der Waals surface area contributed by atoms with Gasteiger partial charge in [0.2, 0.25) is 5.91 Å². The summed E-state index contributed by atoms with van der Waals surface area (Å²) in [6.07, 6.45) is 0.764. The molecule has 0 unspecified atom stereocenters. The van der Waals surface area contributed by atoms with Gasteiger partial charge >= 0.3 is 0 Å². The molecule has 0 atom stereocenters. The zero-order valence-corrected chi connectivity index (χ0v) is 10.8. The number of rotatable bonds is 4. The molecule has 0 aliphatic carbocycles. The van der Waals surface area contributed by atoms with E-state index in [9.17, 15) is 14.4 Å². The average Bonchev–Trinajstić information content (AvgIpc) is 2.75. The van der Waals surface area contributed by atoms with Crippen LogP contribution in [0.4, 0.5) is 5.69 Å². The fourth-order valence-electron chi connectivity index (χ4n) is 2.04. The van der Waals surface area contributed by atoms with Crippen LogP contribution in [-0.4, -0.2) is 30.7 Å². The van der Waals surface area contributed by atoms with Crippen molar-refractivity contribution in [2.75, 3.05) is 18.0 Å². The van der Waals surface area contributed by atoms with Gasteiger partial charge in [-0.05, 0) is 18.6 Å². The first-order valence-electron chi connectivity index (χ1n) is 6.32. The maximum Gasteiger partial charge on any atom is 0.253 e. The third-order valence-corrected chi connectivity index (χ3v) is 2.96. The van der Waals surface area contributed by atoms with E-state index in [1.807, 2.05) is 6.92 Å². The lowest BCUT2D eigenvalue weighted by Gasteiger charge is -2.18. The lowest BCUT2D eigenvalue weighted by atomic mass is 10.1. The summed E-state index contributed by atoms with van der Waals surface area (Å²) in [5.74, 6) is -0.584. The van der Waals surface area contributed by atoms with Crippen LogP contribution in [0, 0.1) is 0 Å². The summed E-state index contributed by atoms with van der Waals surface area (Å²) >= 11 is 0. The monoisotopic (exact) mass is 260 g/mol. The molecule has 0 saturated carbocycles. The van der Waals surface area contributed by atoms with Gasteiger partial charge in [0, 0.05) is 6.54 Å². The van der Waals surface area contributed by atoms with Crippen molar-refractivity contribution in [3.05, 3.63) is 29.8 Å². The van der Waals surface area contributed by atoms with E-state index >= 15 is 0 Å². The van der Waals surface area contributed by atoms with Crippen LogP contribution in [0.1, 0.15) is 30.1 Å². The first-order chi connectivity index (χ1) is 9.13. The molecular formula is C14H16N2O3. The molecule has 5 heteroatoms. The van der Waals surface area contributed by atoms with Gasteiger partial charge in [-0.25, -0.2) is 0 Å². The number of carbonyl (C=O) groups excluding carboxylic acids is 3. The molecular weight excluding hydrogens is 244 g/mol. The molecule has 1 fully saturated rings. The van der Waals surface area contributed by atoms with E-state index in [1.54, 1.807) is 24.3 Å². The molecule has 0 radical (unpaired) electrons. The molecule has 1 saturated heterocycles. The molecule has 1 aromatic carbocycles. The number of para-hydroxylation sites is 1. The number of carbonyl (C=O) groups is 3. The molecule has 1 aliphatic heterocycles. The Morgan fingerprint density at radius 3 is 2.68 bits per heavy atom. The Hall–Kier alpha value is -2.17. The largest absolute Gasteiger partial charge is 0.352 e. The van der Waals surface area contributed by atoms with Gasteiger partial charge in [0.25, 0.3) is 5.91 Å². The average molecular weight is 260 g/mol.